The first kappa shape index (κ1) is 18.2. The second kappa shape index (κ2) is 7.43. The maximum Gasteiger partial charge on any atom is 0.314 e. The van der Waals surface area contributed by atoms with E-state index in [1.807, 2.05) is 48.5 Å². The molecule has 28 heavy (non-hydrogen) atoms. The van der Waals surface area contributed by atoms with Gasteiger partial charge in [0.2, 0.25) is 0 Å². The Bertz CT molecular complexity index is 828. The molecule has 2 aliphatic rings. The van der Waals surface area contributed by atoms with E-state index < -0.39 is 11.9 Å². The third-order valence-electron chi connectivity index (χ3n) is 5.30. The van der Waals surface area contributed by atoms with Crippen molar-refractivity contribution in [3.8, 4) is 11.1 Å². The van der Waals surface area contributed by atoms with E-state index in [1.165, 1.54) is 0 Å². The Kier molecular flexibility index (Phi) is 4.82. The zero-order chi connectivity index (χ0) is 19.7. The predicted molar refractivity (Wildman–Crippen MR) is 102 cm³/mol. The zero-order valence-corrected chi connectivity index (χ0v) is 15.4. The van der Waals surface area contributed by atoms with Crippen molar-refractivity contribution in [3.63, 3.8) is 0 Å². The number of esters is 3. The lowest BCUT2D eigenvalue weighted by Gasteiger charge is -2.23. The SMILES string of the molecule is C=C1CC(c2ccc(-c3ccc(C4CC(=O)OC(=O)C4)cc3)cc2)CC(=O)O1. The first-order chi connectivity index (χ1) is 13.5. The van der Waals surface area contributed by atoms with Crippen LogP contribution in [0.5, 0.6) is 0 Å². The summed E-state index contributed by atoms with van der Waals surface area (Å²) in [5.74, 6) is -0.652. The van der Waals surface area contributed by atoms with Gasteiger partial charge in [-0.3, -0.25) is 14.4 Å². The summed E-state index contributed by atoms with van der Waals surface area (Å²) in [5.41, 5.74) is 4.17. The maximum atomic E-state index is 11.6. The quantitative estimate of drug-likeness (QED) is 0.592. The van der Waals surface area contributed by atoms with Gasteiger partial charge in [0.25, 0.3) is 0 Å². The van der Waals surface area contributed by atoms with Crippen LogP contribution < -0.4 is 0 Å². The molecule has 5 heteroatoms. The largest absolute Gasteiger partial charge is 0.432 e. The summed E-state index contributed by atoms with van der Waals surface area (Å²) >= 11 is 0. The van der Waals surface area contributed by atoms with E-state index in [9.17, 15) is 14.4 Å². The van der Waals surface area contributed by atoms with Crippen LogP contribution in [0.1, 0.15) is 48.6 Å². The Morgan fingerprint density at radius 2 is 1.00 bits per heavy atom. The van der Waals surface area contributed by atoms with Gasteiger partial charge in [-0.25, -0.2) is 0 Å². The van der Waals surface area contributed by atoms with Crippen molar-refractivity contribution in [2.45, 2.75) is 37.5 Å². The van der Waals surface area contributed by atoms with Gasteiger partial charge < -0.3 is 9.47 Å². The van der Waals surface area contributed by atoms with E-state index >= 15 is 0 Å². The zero-order valence-electron chi connectivity index (χ0n) is 15.4. The fraction of sp³-hybridized carbons (Fsp3) is 0.261. The highest BCUT2D eigenvalue weighted by Gasteiger charge is 2.28. The van der Waals surface area contributed by atoms with Gasteiger partial charge >= 0.3 is 17.9 Å². The standard InChI is InChI=1S/C23H20O5/c1-14-10-19(11-21(24)27-14)17-6-2-15(3-7-17)16-4-8-18(9-5-16)20-12-22(25)28-23(26)13-20/h2-9,19-20H,1,10-13H2. The molecule has 0 radical (unpaired) electrons. The van der Waals surface area contributed by atoms with Gasteiger partial charge in [-0.15, -0.1) is 0 Å². The second-order valence-corrected chi connectivity index (χ2v) is 7.31. The highest BCUT2D eigenvalue weighted by molar-refractivity contribution is 5.89. The molecule has 2 aromatic carbocycles. The molecule has 0 spiro atoms. The highest BCUT2D eigenvalue weighted by Crippen LogP contribution is 2.34. The van der Waals surface area contributed by atoms with Gasteiger partial charge in [0.05, 0.1) is 19.3 Å². The number of ether oxygens (including phenoxy) is 2. The Balaban J connectivity index is 1.49. The fourth-order valence-electron chi connectivity index (χ4n) is 3.84. The minimum atomic E-state index is -0.463. The molecule has 0 aromatic heterocycles. The fourth-order valence-corrected chi connectivity index (χ4v) is 3.84. The molecular formula is C23H20O5. The molecule has 0 aliphatic carbocycles. The topological polar surface area (TPSA) is 69.7 Å². The number of cyclic esters (lactones) is 3. The maximum absolute atomic E-state index is 11.6. The molecule has 0 bridgehead atoms. The smallest absolute Gasteiger partial charge is 0.314 e. The summed E-state index contributed by atoms with van der Waals surface area (Å²) in [7, 11) is 0. The van der Waals surface area contributed by atoms with Crippen LogP contribution >= 0.6 is 0 Å². The summed E-state index contributed by atoms with van der Waals surface area (Å²) in [5, 5.41) is 0. The monoisotopic (exact) mass is 376 g/mol. The number of carbonyl (C=O) groups excluding carboxylic acids is 3. The van der Waals surface area contributed by atoms with Gasteiger partial charge in [-0.05, 0) is 22.3 Å². The van der Waals surface area contributed by atoms with Crippen LogP contribution in [0, 0.1) is 0 Å². The first-order valence-corrected chi connectivity index (χ1v) is 9.30. The van der Waals surface area contributed by atoms with Gasteiger partial charge in [0.1, 0.15) is 5.76 Å². The predicted octanol–water partition coefficient (Wildman–Crippen LogP) is 4.24. The first-order valence-electron chi connectivity index (χ1n) is 9.30. The Morgan fingerprint density at radius 3 is 1.43 bits per heavy atom. The van der Waals surface area contributed by atoms with Crippen LogP contribution in [-0.4, -0.2) is 17.9 Å². The lowest BCUT2D eigenvalue weighted by atomic mass is 9.88. The Labute approximate surface area is 163 Å². The highest BCUT2D eigenvalue weighted by atomic mass is 16.6. The van der Waals surface area contributed by atoms with E-state index in [1.54, 1.807) is 0 Å². The molecule has 2 aliphatic heterocycles. The van der Waals surface area contributed by atoms with Crippen molar-refractivity contribution in [1.29, 1.82) is 0 Å². The van der Waals surface area contributed by atoms with Crippen molar-refractivity contribution in [3.05, 3.63) is 72.0 Å². The Hall–Kier alpha value is -3.21. The molecule has 5 nitrogen and oxygen atoms in total. The molecule has 2 fully saturated rings. The second-order valence-electron chi connectivity index (χ2n) is 7.31. The summed E-state index contributed by atoms with van der Waals surface area (Å²) in [6.07, 6.45) is 1.49. The summed E-state index contributed by atoms with van der Waals surface area (Å²) in [4.78, 5) is 34.6. The third kappa shape index (κ3) is 3.88. The van der Waals surface area contributed by atoms with E-state index in [0.717, 1.165) is 22.3 Å². The van der Waals surface area contributed by atoms with Crippen LogP contribution in [0.3, 0.4) is 0 Å². The number of carbonyl (C=O) groups is 3. The number of hydrogen-bond acceptors (Lipinski definition) is 5. The number of hydrogen-bond donors (Lipinski definition) is 0. The van der Waals surface area contributed by atoms with Crippen LogP contribution in [0.2, 0.25) is 0 Å². The minimum absolute atomic E-state index is 0.105. The molecule has 142 valence electrons. The summed E-state index contributed by atoms with van der Waals surface area (Å²) in [6, 6.07) is 16.1. The number of rotatable bonds is 3. The Morgan fingerprint density at radius 1 is 0.607 bits per heavy atom. The van der Waals surface area contributed by atoms with Crippen molar-refractivity contribution in [2.75, 3.05) is 0 Å². The molecule has 1 atom stereocenters. The van der Waals surface area contributed by atoms with Crippen molar-refractivity contribution in [2.24, 2.45) is 0 Å². The minimum Gasteiger partial charge on any atom is -0.432 e. The van der Waals surface area contributed by atoms with Crippen molar-refractivity contribution in [1.82, 2.24) is 0 Å². The van der Waals surface area contributed by atoms with Crippen molar-refractivity contribution >= 4 is 17.9 Å². The summed E-state index contributed by atoms with van der Waals surface area (Å²) < 4.78 is 9.62. The third-order valence-corrected chi connectivity index (χ3v) is 5.30. The lowest BCUT2D eigenvalue weighted by Crippen LogP contribution is -2.24. The van der Waals surface area contributed by atoms with Gasteiger partial charge in [-0.2, -0.15) is 0 Å². The van der Waals surface area contributed by atoms with E-state index in [-0.39, 0.29) is 30.6 Å². The van der Waals surface area contributed by atoms with Gasteiger partial charge in [0, 0.05) is 18.3 Å². The van der Waals surface area contributed by atoms with E-state index in [2.05, 4.69) is 11.3 Å². The molecule has 0 amide bonds. The average molecular weight is 376 g/mol. The molecule has 0 saturated carbocycles. The molecule has 2 aromatic rings. The molecule has 2 saturated heterocycles. The lowest BCUT2D eigenvalue weighted by molar-refractivity contribution is -0.164. The van der Waals surface area contributed by atoms with Gasteiger partial charge in [0.15, 0.2) is 0 Å². The van der Waals surface area contributed by atoms with Gasteiger partial charge in [-0.1, -0.05) is 55.1 Å². The van der Waals surface area contributed by atoms with Crippen LogP contribution in [0.15, 0.2) is 60.9 Å². The summed E-state index contributed by atoms with van der Waals surface area (Å²) in [6.45, 7) is 3.77. The average Bonchev–Trinajstić information content (AvgIpc) is 2.67. The molecular weight excluding hydrogens is 356 g/mol. The normalized spacial score (nSPS) is 20.6. The van der Waals surface area contributed by atoms with Crippen LogP contribution in [0.4, 0.5) is 0 Å². The molecule has 2 heterocycles. The number of benzene rings is 2. The van der Waals surface area contributed by atoms with Crippen molar-refractivity contribution < 1.29 is 23.9 Å². The van der Waals surface area contributed by atoms with Crippen LogP contribution in [-0.2, 0) is 23.9 Å². The molecule has 1 unspecified atom stereocenters. The molecule has 0 N–H and O–H groups in total. The van der Waals surface area contributed by atoms with Crippen LogP contribution in [0.25, 0.3) is 11.1 Å². The van der Waals surface area contributed by atoms with E-state index in [0.29, 0.717) is 18.6 Å². The number of allylic oxidation sites excluding steroid dienone is 1. The molecule has 4 rings (SSSR count). The van der Waals surface area contributed by atoms with E-state index in [4.69, 9.17) is 4.74 Å².